The Labute approximate surface area is 124 Å². The molecule has 0 radical (unpaired) electrons. The van der Waals surface area contributed by atoms with Crippen molar-refractivity contribution in [1.82, 2.24) is 19.6 Å². The van der Waals surface area contributed by atoms with E-state index in [-0.39, 0.29) is 17.2 Å². The van der Waals surface area contributed by atoms with E-state index in [4.69, 9.17) is 9.85 Å². The number of carbonyl (C=O) groups is 1. The molecular weight excluding hydrogens is 270 g/mol. The highest BCUT2D eigenvalue weighted by Gasteiger charge is 2.12. The van der Waals surface area contributed by atoms with E-state index in [0.29, 0.717) is 16.8 Å². The van der Waals surface area contributed by atoms with Gasteiger partial charge in [0.1, 0.15) is 0 Å². The molecule has 0 bridgehead atoms. The molecule has 0 spiro atoms. The van der Waals surface area contributed by atoms with Crippen LogP contribution in [0.3, 0.4) is 0 Å². The zero-order chi connectivity index (χ0) is 17.5. The van der Waals surface area contributed by atoms with Crippen molar-refractivity contribution in [3.05, 3.63) is 41.9 Å². The topological polar surface area (TPSA) is 95.4 Å². The Bertz CT molecular complexity index is 936. The van der Waals surface area contributed by atoms with Crippen LogP contribution in [0.25, 0.3) is 16.8 Å². The summed E-state index contributed by atoms with van der Waals surface area (Å²) < 4.78 is 28.7. The summed E-state index contributed by atoms with van der Waals surface area (Å²) in [6.07, 6.45) is 3.04. The highest BCUT2D eigenvalue weighted by atomic mass is 16.5. The maximum Gasteiger partial charge on any atom is 0.339 e. The predicted molar refractivity (Wildman–Crippen MR) is 76.7 cm³/mol. The third-order valence-electron chi connectivity index (χ3n) is 2.98. The molecule has 7 nitrogen and oxygen atoms in total. The average Bonchev–Trinajstić information content (AvgIpc) is 2.91. The van der Waals surface area contributed by atoms with Gasteiger partial charge in [0.25, 0.3) is 0 Å². The summed E-state index contributed by atoms with van der Waals surface area (Å²) in [7, 11) is 1.18. The molecule has 7 heteroatoms. The number of nitrogens with two attached hydrogens (primary N) is 1. The first-order valence-corrected chi connectivity index (χ1v) is 6.00. The number of ether oxygens (including phenoxy) is 1. The molecule has 21 heavy (non-hydrogen) atoms. The third kappa shape index (κ3) is 2.29. The van der Waals surface area contributed by atoms with Crippen LogP contribution < -0.4 is 5.73 Å². The minimum atomic E-state index is -2.52. The fourth-order valence-corrected chi connectivity index (χ4v) is 1.97. The number of aryl methyl sites for hydroxylation is 1. The first-order valence-electron chi connectivity index (χ1n) is 7.50. The molecule has 0 saturated carbocycles. The lowest BCUT2D eigenvalue weighted by atomic mass is 10.1. The maximum atomic E-state index is 11.9. The number of rotatable bonds is 2. The molecule has 0 aliphatic rings. The van der Waals surface area contributed by atoms with Crippen molar-refractivity contribution in [2.45, 2.75) is 6.85 Å². The van der Waals surface area contributed by atoms with Crippen LogP contribution >= 0.6 is 0 Å². The van der Waals surface area contributed by atoms with E-state index in [1.807, 2.05) is 0 Å². The number of carbonyl (C=O) groups excluding carboxylic acids is 1. The zero-order valence-electron chi connectivity index (χ0n) is 14.1. The first-order chi connectivity index (χ1) is 11.3. The van der Waals surface area contributed by atoms with Crippen LogP contribution in [-0.4, -0.2) is 32.7 Å². The molecule has 0 aliphatic heterocycles. The largest absolute Gasteiger partial charge is 0.465 e. The zero-order valence-corrected chi connectivity index (χ0v) is 11.1. The number of nitrogen functional groups attached to an aromatic ring is 1. The summed E-state index contributed by atoms with van der Waals surface area (Å²) in [5.41, 5.74) is 6.90. The second-order valence-electron chi connectivity index (χ2n) is 4.30. The Kier molecular flexibility index (Phi) is 2.28. The lowest BCUT2D eigenvalue weighted by Crippen LogP contribution is -2.05. The number of esters is 1. The van der Waals surface area contributed by atoms with Gasteiger partial charge in [-0.1, -0.05) is 0 Å². The molecule has 3 aromatic rings. The van der Waals surface area contributed by atoms with Gasteiger partial charge in [0.05, 0.1) is 18.4 Å². The number of aromatic nitrogens is 4. The lowest BCUT2D eigenvalue weighted by molar-refractivity contribution is 0.0599. The molecule has 0 aliphatic carbocycles. The molecule has 0 amide bonds. The second-order valence-corrected chi connectivity index (χ2v) is 4.30. The van der Waals surface area contributed by atoms with Crippen LogP contribution in [-0.2, 0) is 4.74 Å². The second kappa shape index (κ2) is 4.86. The number of nitrogens with zero attached hydrogens (tertiary/aromatic N) is 4. The minimum Gasteiger partial charge on any atom is -0.465 e. The van der Waals surface area contributed by atoms with Gasteiger partial charge in [0.2, 0.25) is 5.95 Å². The molecule has 3 rings (SSSR count). The Morgan fingerprint density at radius 1 is 1.43 bits per heavy atom. The molecule has 3 heterocycles. The van der Waals surface area contributed by atoms with Crippen molar-refractivity contribution >= 4 is 17.6 Å². The smallest absolute Gasteiger partial charge is 0.339 e. The molecule has 2 N–H and O–H groups in total. The summed E-state index contributed by atoms with van der Waals surface area (Å²) in [4.78, 5) is 19.9. The number of methoxy groups -OCH3 is 1. The minimum absolute atomic E-state index is 0.101. The Balaban J connectivity index is 2.14. The van der Waals surface area contributed by atoms with Gasteiger partial charge in [-0.15, -0.1) is 5.10 Å². The van der Waals surface area contributed by atoms with Crippen LogP contribution in [0.4, 0.5) is 5.95 Å². The van der Waals surface area contributed by atoms with Crippen molar-refractivity contribution in [3.8, 4) is 11.1 Å². The molecule has 106 valence electrons. The Morgan fingerprint density at radius 3 is 3.05 bits per heavy atom. The summed E-state index contributed by atoms with van der Waals surface area (Å²) in [6, 6.07) is 4.87. The average molecular weight is 286 g/mol. The van der Waals surface area contributed by atoms with Crippen LogP contribution in [0, 0.1) is 6.85 Å². The van der Waals surface area contributed by atoms with Gasteiger partial charge in [-0.25, -0.2) is 9.31 Å². The van der Waals surface area contributed by atoms with Crippen molar-refractivity contribution < 1.29 is 13.6 Å². The first kappa shape index (κ1) is 9.87. The monoisotopic (exact) mass is 286 g/mol. The van der Waals surface area contributed by atoms with Gasteiger partial charge >= 0.3 is 5.97 Å². The van der Waals surface area contributed by atoms with Crippen molar-refractivity contribution in [2.24, 2.45) is 0 Å². The van der Waals surface area contributed by atoms with Gasteiger partial charge in [-0.3, -0.25) is 4.98 Å². The van der Waals surface area contributed by atoms with E-state index >= 15 is 0 Å². The fourth-order valence-electron chi connectivity index (χ4n) is 1.97. The molecule has 0 aromatic carbocycles. The molecule has 0 saturated heterocycles. The number of fused-ring (bicyclic) bond motifs is 1. The van der Waals surface area contributed by atoms with Crippen molar-refractivity contribution in [1.29, 1.82) is 0 Å². The molecule has 3 aromatic heterocycles. The Hall–Kier alpha value is -2.96. The van der Waals surface area contributed by atoms with Gasteiger partial charge in [0.15, 0.2) is 5.65 Å². The van der Waals surface area contributed by atoms with Crippen LogP contribution in [0.1, 0.15) is 20.2 Å². The normalized spacial score (nSPS) is 13.5. The van der Waals surface area contributed by atoms with Gasteiger partial charge in [-0.05, 0) is 30.6 Å². The summed E-state index contributed by atoms with van der Waals surface area (Å²) in [6.45, 7) is -2.52. The quantitative estimate of drug-likeness (QED) is 0.717. The van der Waals surface area contributed by atoms with Crippen LogP contribution in [0.5, 0.6) is 0 Å². The van der Waals surface area contributed by atoms with E-state index in [1.165, 1.54) is 23.9 Å². The fraction of sp³-hybridized carbons (Fsp3) is 0.143. The van der Waals surface area contributed by atoms with Crippen molar-refractivity contribution in [2.75, 3.05) is 12.8 Å². The molecule has 0 unspecified atom stereocenters. The van der Waals surface area contributed by atoms with E-state index in [0.717, 1.165) is 0 Å². The van der Waals surface area contributed by atoms with Crippen LogP contribution in [0.2, 0.25) is 0 Å². The molecule has 0 atom stereocenters. The standard InChI is InChI=1S/C14H13N5O2/c1-8-11(13(20)21-2)5-10(7-16-8)9-3-4-19-12(6-9)17-14(15)18-19/h3-7H,1-2H3,(H2,15,18)/i1D3. The SMILES string of the molecule is [2H]C([2H])([2H])c1ncc(-c2ccn3nc(N)nc3c2)cc1C(=O)OC. The van der Waals surface area contributed by atoms with E-state index < -0.39 is 12.8 Å². The predicted octanol–water partition coefficient (Wildman–Crippen LogP) is 1.47. The van der Waals surface area contributed by atoms with Gasteiger partial charge in [-0.2, -0.15) is 4.98 Å². The number of hydrogen-bond acceptors (Lipinski definition) is 6. The third-order valence-corrected chi connectivity index (χ3v) is 2.98. The summed E-state index contributed by atoms with van der Waals surface area (Å²) in [5.74, 6) is -0.624. The van der Waals surface area contributed by atoms with E-state index in [1.54, 1.807) is 18.3 Å². The highest BCUT2D eigenvalue weighted by molar-refractivity contribution is 5.92. The molecular formula is C14H13N5O2. The van der Waals surface area contributed by atoms with Crippen LogP contribution in [0.15, 0.2) is 30.6 Å². The lowest BCUT2D eigenvalue weighted by Gasteiger charge is -2.07. The van der Waals surface area contributed by atoms with Gasteiger partial charge in [0, 0.05) is 22.1 Å². The van der Waals surface area contributed by atoms with E-state index in [9.17, 15) is 4.79 Å². The number of pyridine rings is 2. The number of hydrogen-bond donors (Lipinski definition) is 1. The summed E-state index contributed by atoms with van der Waals surface area (Å²) >= 11 is 0. The van der Waals surface area contributed by atoms with Crippen molar-refractivity contribution in [3.63, 3.8) is 0 Å². The molecule has 0 fully saturated rings. The summed E-state index contributed by atoms with van der Waals surface area (Å²) in [5, 5.41) is 3.97. The Morgan fingerprint density at radius 2 is 2.29 bits per heavy atom. The maximum absolute atomic E-state index is 11.9. The van der Waals surface area contributed by atoms with Gasteiger partial charge < -0.3 is 10.5 Å². The van der Waals surface area contributed by atoms with E-state index in [2.05, 4.69) is 19.8 Å². The highest BCUT2D eigenvalue weighted by Crippen LogP contribution is 2.22. The number of anilines is 1.